The highest BCUT2D eigenvalue weighted by Gasteiger charge is 2.31. The van der Waals surface area contributed by atoms with E-state index in [0.717, 1.165) is 31.9 Å². The number of alkyl halides is 3. The monoisotopic (exact) mass is 434 g/mol. The van der Waals surface area contributed by atoms with Gasteiger partial charge >= 0.3 is 6.18 Å². The van der Waals surface area contributed by atoms with E-state index in [1.54, 1.807) is 0 Å². The summed E-state index contributed by atoms with van der Waals surface area (Å²) in [5.41, 5.74) is 1.06. The predicted molar refractivity (Wildman–Crippen MR) is 115 cm³/mol. The number of benzene rings is 1. The quantitative estimate of drug-likeness (QED) is 0.704. The highest BCUT2D eigenvalue weighted by Crippen LogP contribution is 2.29. The van der Waals surface area contributed by atoms with Crippen molar-refractivity contribution < 1.29 is 18.0 Å². The van der Waals surface area contributed by atoms with Crippen LogP contribution in [0.2, 0.25) is 0 Å². The van der Waals surface area contributed by atoms with Crippen molar-refractivity contribution in [1.29, 1.82) is 0 Å². The van der Waals surface area contributed by atoms with Gasteiger partial charge in [-0.25, -0.2) is 4.98 Å². The molecule has 0 bridgehead atoms. The third-order valence-corrected chi connectivity index (χ3v) is 5.75. The Morgan fingerprint density at radius 2 is 1.74 bits per heavy atom. The molecule has 1 aromatic heterocycles. The van der Waals surface area contributed by atoms with Crippen LogP contribution in [-0.4, -0.2) is 48.0 Å². The minimum atomic E-state index is -4.38. The fourth-order valence-corrected chi connectivity index (χ4v) is 3.73. The van der Waals surface area contributed by atoms with E-state index in [1.165, 1.54) is 11.6 Å². The van der Waals surface area contributed by atoms with Crippen LogP contribution < -0.4 is 10.2 Å². The molecule has 1 saturated heterocycles. The lowest BCUT2D eigenvalue weighted by Gasteiger charge is -2.33. The SMILES string of the molecule is CCN(CC)Cc1ccc(C(=O)NC2CCN(c3ccc(C(F)(F)F)cn3)CC2)cc1. The van der Waals surface area contributed by atoms with Crippen LogP contribution in [-0.2, 0) is 12.7 Å². The highest BCUT2D eigenvalue weighted by atomic mass is 19.4. The minimum Gasteiger partial charge on any atom is -0.356 e. The molecule has 3 rings (SSSR count). The second-order valence-electron chi connectivity index (χ2n) is 7.80. The first-order valence-corrected chi connectivity index (χ1v) is 10.7. The summed E-state index contributed by atoms with van der Waals surface area (Å²) in [6.07, 6.45) is -2.08. The molecule has 5 nitrogen and oxygen atoms in total. The Hall–Kier alpha value is -2.61. The Balaban J connectivity index is 1.49. The molecule has 0 radical (unpaired) electrons. The summed E-state index contributed by atoms with van der Waals surface area (Å²) in [7, 11) is 0. The molecule has 31 heavy (non-hydrogen) atoms. The maximum absolute atomic E-state index is 12.7. The summed E-state index contributed by atoms with van der Waals surface area (Å²) in [6.45, 7) is 8.36. The van der Waals surface area contributed by atoms with Crippen LogP contribution in [0.4, 0.5) is 19.0 Å². The number of aromatic nitrogens is 1. The van der Waals surface area contributed by atoms with Crippen molar-refractivity contribution in [2.45, 2.75) is 45.5 Å². The number of rotatable bonds is 7. The van der Waals surface area contributed by atoms with Gasteiger partial charge in [-0.1, -0.05) is 26.0 Å². The standard InChI is InChI=1S/C23H29F3N4O/c1-3-29(4-2)16-17-5-7-18(8-6-17)22(31)28-20-11-13-30(14-12-20)21-10-9-19(15-27-21)23(24,25)26/h5-10,15,20H,3-4,11-14,16H2,1-2H3,(H,28,31). The molecule has 0 unspecified atom stereocenters. The van der Waals surface area contributed by atoms with Gasteiger partial charge in [-0.15, -0.1) is 0 Å². The van der Waals surface area contributed by atoms with Crippen molar-refractivity contribution in [2.75, 3.05) is 31.1 Å². The van der Waals surface area contributed by atoms with Crippen LogP contribution in [0.5, 0.6) is 0 Å². The van der Waals surface area contributed by atoms with Gasteiger partial charge in [0.15, 0.2) is 0 Å². The van der Waals surface area contributed by atoms with E-state index < -0.39 is 11.7 Å². The van der Waals surface area contributed by atoms with E-state index in [4.69, 9.17) is 0 Å². The van der Waals surface area contributed by atoms with Gasteiger partial charge in [0.25, 0.3) is 5.91 Å². The second-order valence-corrected chi connectivity index (χ2v) is 7.80. The molecular formula is C23H29F3N4O. The van der Waals surface area contributed by atoms with Crippen molar-refractivity contribution in [3.8, 4) is 0 Å². The number of carbonyl (C=O) groups is 1. The summed E-state index contributed by atoms with van der Waals surface area (Å²) in [4.78, 5) is 20.8. The smallest absolute Gasteiger partial charge is 0.356 e. The molecule has 0 spiro atoms. The van der Waals surface area contributed by atoms with Crippen molar-refractivity contribution >= 4 is 11.7 Å². The van der Waals surface area contributed by atoms with E-state index in [9.17, 15) is 18.0 Å². The first-order chi connectivity index (χ1) is 14.8. The summed E-state index contributed by atoms with van der Waals surface area (Å²) >= 11 is 0. The molecule has 0 aliphatic carbocycles. The molecule has 1 fully saturated rings. The lowest BCUT2D eigenvalue weighted by atomic mass is 10.0. The number of piperidine rings is 1. The summed E-state index contributed by atoms with van der Waals surface area (Å²) in [5, 5.41) is 3.07. The number of halogens is 3. The van der Waals surface area contributed by atoms with Crippen LogP contribution >= 0.6 is 0 Å². The van der Waals surface area contributed by atoms with Gasteiger partial charge in [0.2, 0.25) is 0 Å². The zero-order chi connectivity index (χ0) is 22.4. The average Bonchev–Trinajstić information content (AvgIpc) is 2.78. The van der Waals surface area contributed by atoms with Gasteiger partial charge in [-0.3, -0.25) is 9.69 Å². The minimum absolute atomic E-state index is 0.0357. The summed E-state index contributed by atoms with van der Waals surface area (Å²) < 4.78 is 38.1. The Morgan fingerprint density at radius 1 is 1.10 bits per heavy atom. The average molecular weight is 435 g/mol. The van der Waals surface area contributed by atoms with Crippen molar-refractivity contribution in [3.05, 3.63) is 59.3 Å². The van der Waals surface area contributed by atoms with Crippen LogP contribution in [0.25, 0.3) is 0 Å². The van der Waals surface area contributed by atoms with Crippen LogP contribution in [0.3, 0.4) is 0 Å². The number of hydrogen-bond acceptors (Lipinski definition) is 4. The fourth-order valence-electron chi connectivity index (χ4n) is 3.73. The molecule has 2 aromatic rings. The number of pyridine rings is 1. The molecule has 1 amide bonds. The Labute approximate surface area is 181 Å². The van der Waals surface area contributed by atoms with E-state index in [2.05, 4.69) is 29.0 Å². The largest absolute Gasteiger partial charge is 0.417 e. The number of anilines is 1. The highest BCUT2D eigenvalue weighted by molar-refractivity contribution is 5.94. The molecule has 1 aliphatic heterocycles. The third-order valence-electron chi connectivity index (χ3n) is 5.75. The first kappa shape index (κ1) is 23.1. The fraction of sp³-hybridized carbons (Fsp3) is 0.478. The molecule has 1 N–H and O–H groups in total. The Bertz CT molecular complexity index is 841. The van der Waals surface area contributed by atoms with Crippen molar-refractivity contribution in [3.63, 3.8) is 0 Å². The molecule has 8 heteroatoms. The van der Waals surface area contributed by atoms with Gasteiger partial charge < -0.3 is 10.2 Å². The maximum atomic E-state index is 12.7. The zero-order valence-electron chi connectivity index (χ0n) is 18.0. The van der Waals surface area contributed by atoms with Gasteiger partial charge in [0.1, 0.15) is 5.82 Å². The van der Waals surface area contributed by atoms with Crippen LogP contribution in [0.1, 0.15) is 48.2 Å². The van der Waals surface area contributed by atoms with E-state index >= 15 is 0 Å². The van der Waals surface area contributed by atoms with Crippen molar-refractivity contribution in [2.24, 2.45) is 0 Å². The lowest BCUT2D eigenvalue weighted by molar-refractivity contribution is -0.137. The van der Waals surface area contributed by atoms with Crippen LogP contribution in [0.15, 0.2) is 42.6 Å². The van der Waals surface area contributed by atoms with E-state index in [-0.39, 0.29) is 11.9 Å². The predicted octanol–water partition coefficient (Wildman–Crippen LogP) is 4.34. The zero-order valence-corrected chi connectivity index (χ0v) is 18.0. The lowest BCUT2D eigenvalue weighted by Crippen LogP contribution is -2.45. The number of nitrogens with zero attached hydrogens (tertiary/aromatic N) is 3. The molecule has 1 aliphatic rings. The number of hydrogen-bond donors (Lipinski definition) is 1. The second kappa shape index (κ2) is 10.1. The summed E-state index contributed by atoms with van der Waals surface area (Å²) in [5.74, 6) is 0.432. The van der Waals surface area contributed by atoms with E-state index in [1.807, 2.05) is 29.2 Å². The van der Waals surface area contributed by atoms with Gasteiger partial charge in [-0.2, -0.15) is 13.2 Å². The Morgan fingerprint density at radius 3 is 2.26 bits per heavy atom. The third kappa shape index (κ3) is 6.19. The van der Waals surface area contributed by atoms with E-state index in [0.29, 0.717) is 37.3 Å². The molecule has 0 atom stereocenters. The summed E-state index contributed by atoms with van der Waals surface area (Å²) in [6, 6.07) is 10.2. The van der Waals surface area contributed by atoms with Gasteiger partial charge in [-0.05, 0) is 55.8 Å². The Kier molecular flexibility index (Phi) is 7.54. The number of carbonyl (C=O) groups excluding carboxylic acids is 1. The number of nitrogens with one attached hydrogen (secondary N) is 1. The molecular weight excluding hydrogens is 405 g/mol. The number of amides is 1. The van der Waals surface area contributed by atoms with Crippen molar-refractivity contribution in [1.82, 2.24) is 15.2 Å². The molecule has 2 heterocycles. The first-order valence-electron chi connectivity index (χ1n) is 10.7. The maximum Gasteiger partial charge on any atom is 0.417 e. The van der Waals surface area contributed by atoms with Gasteiger partial charge in [0, 0.05) is 37.4 Å². The molecule has 1 aromatic carbocycles. The molecule has 0 saturated carbocycles. The van der Waals surface area contributed by atoms with Crippen LogP contribution in [0, 0.1) is 0 Å². The van der Waals surface area contributed by atoms with Gasteiger partial charge in [0.05, 0.1) is 5.56 Å². The molecule has 168 valence electrons. The normalized spacial score (nSPS) is 15.4. The topological polar surface area (TPSA) is 48.5 Å².